The van der Waals surface area contributed by atoms with E-state index in [1.807, 2.05) is 13.8 Å². The van der Waals surface area contributed by atoms with Gasteiger partial charge in [-0.3, -0.25) is 4.79 Å². The van der Waals surface area contributed by atoms with Gasteiger partial charge in [0.2, 0.25) is 0 Å². The number of aryl methyl sites for hydroxylation is 1. The second-order valence-corrected chi connectivity index (χ2v) is 5.18. The van der Waals surface area contributed by atoms with Gasteiger partial charge in [-0.15, -0.1) is 0 Å². The second-order valence-electron chi connectivity index (χ2n) is 5.18. The first kappa shape index (κ1) is 14.1. The van der Waals surface area contributed by atoms with Gasteiger partial charge in [-0.25, -0.2) is 9.97 Å². The van der Waals surface area contributed by atoms with E-state index in [9.17, 15) is 4.79 Å². The molecule has 19 heavy (non-hydrogen) atoms. The van der Waals surface area contributed by atoms with Crippen LogP contribution in [0.5, 0.6) is 0 Å². The zero-order chi connectivity index (χ0) is 13.7. The smallest absolute Gasteiger partial charge is 0.168 e. The molecule has 1 unspecified atom stereocenters. The highest BCUT2D eigenvalue weighted by atomic mass is 16.5. The summed E-state index contributed by atoms with van der Waals surface area (Å²) in [6.45, 7) is 4.53. The van der Waals surface area contributed by atoms with Gasteiger partial charge in [-0.05, 0) is 38.7 Å². The van der Waals surface area contributed by atoms with Gasteiger partial charge in [0.25, 0.3) is 0 Å². The van der Waals surface area contributed by atoms with Crippen molar-refractivity contribution in [3.05, 3.63) is 23.3 Å². The fraction of sp³-hybridized carbons (Fsp3) is 0.667. The monoisotopic (exact) mass is 262 g/mol. The lowest BCUT2D eigenvalue weighted by atomic mass is 9.85. The SMILES string of the molecule is CCOC(c1nc(C)cc(C=O)n1)C1CCCCC1. The Bertz CT molecular complexity index is 428. The minimum atomic E-state index is -0.0658. The highest BCUT2D eigenvalue weighted by Gasteiger charge is 2.28. The van der Waals surface area contributed by atoms with Crippen LogP contribution in [-0.4, -0.2) is 22.9 Å². The van der Waals surface area contributed by atoms with Crippen molar-refractivity contribution in [3.8, 4) is 0 Å². The Kier molecular flexibility index (Phi) is 5.02. The van der Waals surface area contributed by atoms with E-state index in [1.165, 1.54) is 32.1 Å². The molecule has 4 heteroatoms. The van der Waals surface area contributed by atoms with Gasteiger partial charge >= 0.3 is 0 Å². The molecule has 1 aromatic rings. The third kappa shape index (κ3) is 3.60. The van der Waals surface area contributed by atoms with Gasteiger partial charge in [-0.2, -0.15) is 0 Å². The zero-order valence-corrected chi connectivity index (χ0v) is 11.8. The minimum absolute atomic E-state index is 0.0658. The summed E-state index contributed by atoms with van der Waals surface area (Å²) in [5.74, 6) is 1.16. The summed E-state index contributed by atoms with van der Waals surface area (Å²) in [6.07, 6.45) is 6.85. The van der Waals surface area contributed by atoms with Crippen LogP contribution in [0.2, 0.25) is 0 Å². The lowest BCUT2D eigenvalue weighted by Crippen LogP contribution is -2.22. The molecule has 0 radical (unpaired) electrons. The van der Waals surface area contributed by atoms with Crippen LogP contribution in [0.4, 0.5) is 0 Å². The van der Waals surface area contributed by atoms with Crippen molar-refractivity contribution in [2.24, 2.45) is 5.92 Å². The first-order valence-electron chi connectivity index (χ1n) is 7.17. The summed E-state index contributed by atoms with van der Waals surface area (Å²) in [5.41, 5.74) is 1.27. The van der Waals surface area contributed by atoms with Gasteiger partial charge in [0.05, 0.1) is 0 Å². The van der Waals surface area contributed by atoms with E-state index in [0.29, 0.717) is 24.0 Å². The van der Waals surface area contributed by atoms with Crippen LogP contribution in [0.1, 0.15) is 67.1 Å². The fourth-order valence-corrected chi connectivity index (χ4v) is 2.84. The number of aldehydes is 1. The van der Waals surface area contributed by atoms with Crippen molar-refractivity contribution in [2.75, 3.05) is 6.61 Å². The maximum atomic E-state index is 10.9. The first-order valence-corrected chi connectivity index (χ1v) is 7.17. The standard InChI is InChI=1S/C15H22N2O2/c1-3-19-14(12-7-5-4-6-8-12)15-16-11(2)9-13(10-18)17-15/h9-10,12,14H,3-8H2,1-2H3. The summed E-state index contributed by atoms with van der Waals surface area (Å²) < 4.78 is 5.88. The quantitative estimate of drug-likeness (QED) is 0.764. The van der Waals surface area contributed by atoms with Crippen LogP contribution in [0.3, 0.4) is 0 Å². The van der Waals surface area contributed by atoms with Gasteiger partial charge in [-0.1, -0.05) is 19.3 Å². The molecule has 0 spiro atoms. The summed E-state index contributed by atoms with van der Waals surface area (Å²) >= 11 is 0. The molecule has 0 aromatic carbocycles. The Morgan fingerprint density at radius 2 is 2.11 bits per heavy atom. The van der Waals surface area contributed by atoms with Gasteiger partial charge < -0.3 is 4.74 Å². The van der Waals surface area contributed by atoms with Gasteiger partial charge in [0, 0.05) is 12.3 Å². The van der Waals surface area contributed by atoms with Crippen LogP contribution >= 0.6 is 0 Å². The zero-order valence-electron chi connectivity index (χ0n) is 11.8. The third-order valence-corrected chi connectivity index (χ3v) is 3.69. The Morgan fingerprint density at radius 3 is 2.74 bits per heavy atom. The van der Waals surface area contributed by atoms with Crippen molar-refractivity contribution in [3.63, 3.8) is 0 Å². The maximum Gasteiger partial charge on any atom is 0.168 e. The highest BCUT2D eigenvalue weighted by Crippen LogP contribution is 2.35. The summed E-state index contributed by atoms with van der Waals surface area (Å²) in [4.78, 5) is 19.8. The van der Waals surface area contributed by atoms with Crippen molar-refractivity contribution in [2.45, 2.75) is 52.1 Å². The lowest BCUT2D eigenvalue weighted by Gasteiger charge is -2.29. The second kappa shape index (κ2) is 6.75. The molecule has 1 fully saturated rings. The molecule has 1 heterocycles. The molecule has 1 aromatic heterocycles. The molecule has 0 aliphatic heterocycles. The largest absolute Gasteiger partial charge is 0.370 e. The minimum Gasteiger partial charge on any atom is -0.370 e. The molecule has 1 aliphatic carbocycles. The molecule has 0 N–H and O–H groups in total. The Balaban J connectivity index is 2.26. The normalized spacial score (nSPS) is 18.2. The molecule has 104 valence electrons. The first-order chi connectivity index (χ1) is 9.24. The highest BCUT2D eigenvalue weighted by molar-refractivity contribution is 5.71. The predicted molar refractivity (Wildman–Crippen MR) is 73.1 cm³/mol. The number of aromatic nitrogens is 2. The number of ether oxygens (including phenoxy) is 1. The molecular formula is C15H22N2O2. The lowest BCUT2D eigenvalue weighted by molar-refractivity contribution is -0.000358. The number of carbonyl (C=O) groups excluding carboxylic acids is 1. The average Bonchev–Trinajstić information content (AvgIpc) is 2.45. The van der Waals surface area contributed by atoms with Crippen molar-refractivity contribution < 1.29 is 9.53 Å². The molecule has 1 aliphatic rings. The van der Waals surface area contributed by atoms with Crippen LogP contribution in [-0.2, 0) is 4.74 Å². The van der Waals surface area contributed by atoms with Gasteiger partial charge in [0.1, 0.15) is 11.8 Å². The number of carbonyl (C=O) groups is 1. The molecule has 2 rings (SSSR count). The number of hydrogen-bond acceptors (Lipinski definition) is 4. The Hall–Kier alpha value is -1.29. The number of nitrogens with zero attached hydrogens (tertiary/aromatic N) is 2. The van der Waals surface area contributed by atoms with Crippen LogP contribution in [0.25, 0.3) is 0 Å². The molecule has 0 bridgehead atoms. The van der Waals surface area contributed by atoms with Crippen molar-refractivity contribution in [1.29, 1.82) is 0 Å². The molecule has 1 saturated carbocycles. The number of rotatable bonds is 5. The van der Waals surface area contributed by atoms with Gasteiger partial charge in [0.15, 0.2) is 12.1 Å². The fourth-order valence-electron chi connectivity index (χ4n) is 2.84. The molecular weight excluding hydrogens is 240 g/mol. The van der Waals surface area contributed by atoms with Crippen LogP contribution in [0, 0.1) is 12.8 Å². The van der Waals surface area contributed by atoms with E-state index in [0.717, 1.165) is 12.0 Å². The summed E-state index contributed by atoms with van der Waals surface area (Å²) in [7, 11) is 0. The third-order valence-electron chi connectivity index (χ3n) is 3.69. The van der Waals surface area contributed by atoms with E-state index in [2.05, 4.69) is 9.97 Å². The molecule has 0 amide bonds. The van der Waals surface area contributed by atoms with Crippen molar-refractivity contribution in [1.82, 2.24) is 9.97 Å². The van der Waals surface area contributed by atoms with E-state index < -0.39 is 0 Å². The predicted octanol–water partition coefficient (Wildman–Crippen LogP) is 3.26. The van der Waals surface area contributed by atoms with E-state index in [-0.39, 0.29) is 6.10 Å². The molecule has 0 saturated heterocycles. The summed E-state index contributed by atoms with van der Waals surface area (Å²) in [6, 6.07) is 1.71. The van der Waals surface area contributed by atoms with E-state index in [4.69, 9.17) is 4.74 Å². The maximum absolute atomic E-state index is 10.9. The molecule has 1 atom stereocenters. The summed E-state index contributed by atoms with van der Waals surface area (Å²) in [5, 5.41) is 0. The topological polar surface area (TPSA) is 52.1 Å². The number of hydrogen-bond donors (Lipinski definition) is 0. The Morgan fingerprint density at radius 1 is 1.37 bits per heavy atom. The van der Waals surface area contributed by atoms with Crippen LogP contribution < -0.4 is 0 Å². The van der Waals surface area contributed by atoms with E-state index in [1.54, 1.807) is 6.07 Å². The van der Waals surface area contributed by atoms with E-state index >= 15 is 0 Å². The van der Waals surface area contributed by atoms with Crippen molar-refractivity contribution >= 4 is 6.29 Å². The average molecular weight is 262 g/mol. The molecule has 4 nitrogen and oxygen atoms in total. The Labute approximate surface area is 114 Å². The van der Waals surface area contributed by atoms with Crippen LogP contribution in [0.15, 0.2) is 6.07 Å².